The Kier molecular flexibility index (Phi) is 8.73. The zero-order valence-corrected chi connectivity index (χ0v) is 18.7. The summed E-state index contributed by atoms with van der Waals surface area (Å²) in [4.78, 5) is 15.0. The number of likely N-dealkylation sites (tertiary alicyclic amines) is 1. The number of nitrogens with zero attached hydrogens (tertiary/aromatic N) is 1. The standard InChI is InChI=1S/C24H30F2N4O3/c1-2-32-22(24(31)29-15-16-5-7-17(8-6-16)23(27)28)20-18(25)9-10-19(21(20)26)33-14-13-30-11-3-4-12-30/h5-10,22H,2-4,11-15H2,1H3,(H3,27,28)(H,29,31)/t22-/m0/s1. The molecule has 3 rings (SSSR count). The fraction of sp³-hybridized carbons (Fsp3) is 0.417. The second kappa shape index (κ2) is 11.7. The highest BCUT2D eigenvalue weighted by Gasteiger charge is 2.29. The van der Waals surface area contributed by atoms with Gasteiger partial charge < -0.3 is 20.5 Å². The maximum atomic E-state index is 15.2. The van der Waals surface area contributed by atoms with Crippen LogP contribution in [-0.2, 0) is 16.1 Å². The molecule has 0 aromatic heterocycles. The lowest BCUT2D eigenvalue weighted by Gasteiger charge is -2.20. The molecule has 1 fully saturated rings. The van der Waals surface area contributed by atoms with Gasteiger partial charge in [-0.15, -0.1) is 0 Å². The molecule has 0 spiro atoms. The minimum atomic E-state index is -1.46. The van der Waals surface area contributed by atoms with Gasteiger partial charge in [0.15, 0.2) is 17.7 Å². The van der Waals surface area contributed by atoms with E-state index in [0.29, 0.717) is 12.1 Å². The first kappa shape index (κ1) is 24.6. The van der Waals surface area contributed by atoms with Crippen molar-refractivity contribution in [2.75, 3.05) is 32.8 Å². The number of amides is 1. The van der Waals surface area contributed by atoms with E-state index in [0.717, 1.165) is 37.6 Å². The van der Waals surface area contributed by atoms with Crippen LogP contribution in [0.1, 0.15) is 42.6 Å². The van der Waals surface area contributed by atoms with E-state index < -0.39 is 29.2 Å². The lowest BCUT2D eigenvalue weighted by Crippen LogP contribution is -2.32. The minimum absolute atomic E-state index is 0.0597. The maximum absolute atomic E-state index is 15.2. The van der Waals surface area contributed by atoms with Gasteiger partial charge in [-0.2, -0.15) is 0 Å². The molecule has 1 saturated heterocycles. The number of ether oxygens (including phenoxy) is 2. The quantitative estimate of drug-likeness (QED) is 0.353. The third-order valence-electron chi connectivity index (χ3n) is 5.52. The first-order chi connectivity index (χ1) is 15.9. The molecule has 0 saturated carbocycles. The number of hydrogen-bond donors (Lipinski definition) is 3. The zero-order valence-electron chi connectivity index (χ0n) is 18.7. The number of rotatable bonds is 11. The third kappa shape index (κ3) is 6.49. The Morgan fingerprint density at radius 2 is 1.88 bits per heavy atom. The fourth-order valence-corrected chi connectivity index (χ4v) is 3.73. The fourth-order valence-electron chi connectivity index (χ4n) is 3.73. The van der Waals surface area contributed by atoms with Crippen molar-refractivity contribution in [3.05, 3.63) is 64.7 Å². The van der Waals surface area contributed by atoms with Gasteiger partial charge in [0.25, 0.3) is 5.91 Å². The van der Waals surface area contributed by atoms with Crippen molar-refractivity contribution in [2.24, 2.45) is 5.73 Å². The Labute approximate surface area is 192 Å². The Balaban J connectivity index is 1.69. The van der Waals surface area contributed by atoms with E-state index in [1.54, 1.807) is 31.2 Å². The second-order valence-corrected chi connectivity index (χ2v) is 7.83. The molecule has 1 aliphatic rings. The summed E-state index contributed by atoms with van der Waals surface area (Å²) in [6.45, 7) is 4.76. The molecule has 1 atom stereocenters. The normalized spacial score (nSPS) is 14.8. The minimum Gasteiger partial charge on any atom is -0.489 e. The summed E-state index contributed by atoms with van der Waals surface area (Å²) in [5.41, 5.74) is 6.26. The molecule has 0 unspecified atom stereocenters. The van der Waals surface area contributed by atoms with Crippen molar-refractivity contribution >= 4 is 11.7 Å². The molecular weight excluding hydrogens is 430 g/mol. The van der Waals surface area contributed by atoms with Crippen LogP contribution in [0.15, 0.2) is 36.4 Å². The average Bonchev–Trinajstić information content (AvgIpc) is 3.32. The molecule has 0 aliphatic carbocycles. The Hall–Kier alpha value is -3.04. The monoisotopic (exact) mass is 460 g/mol. The summed E-state index contributed by atoms with van der Waals surface area (Å²) in [6, 6.07) is 9.06. The summed E-state index contributed by atoms with van der Waals surface area (Å²) in [5, 5.41) is 10.1. The molecule has 178 valence electrons. The Bertz CT molecular complexity index is 963. The molecule has 4 N–H and O–H groups in total. The Morgan fingerprint density at radius 3 is 2.52 bits per heavy atom. The molecule has 0 radical (unpaired) electrons. The molecular formula is C24H30F2N4O3. The first-order valence-corrected chi connectivity index (χ1v) is 11.1. The van der Waals surface area contributed by atoms with E-state index in [9.17, 15) is 9.18 Å². The molecule has 1 aliphatic heterocycles. The molecule has 1 amide bonds. The van der Waals surface area contributed by atoms with Crippen molar-refractivity contribution in [1.29, 1.82) is 5.41 Å². The lowest BCUT2D eigenvalue weighted by molar-refractivity contribution is -0.133. The largest absolute Gasteiger partial charge is 0.489 e. The van der Waals surface area contributed by atoms with Gasteiger partial charge in [-0.1, -0.05) is 24.3 Å². The van der Waals surface area contributed by atoms with Gasteiger partial charge in [0, 0.05) is 25.3 Å². The summed E-state index contributed by atoms with van der Waals surface area (Å²) in [5.74, 6) is -2.65. The van der Waals surface area contributed by atoms with Crippen LogP contribution in [0.25, 0.3) is 0 Å². The molecule has 9 heteroatoms. The molecule has 33 heavy (non-hydrogen) atoms. The van der Waals surface area contributed by atoms with Crippen molar-refractivity contribution in [1.82, 2.24) is 10.2 Å². The third-order valence-corrected chi connectivity index (χ3v) is 5.52. The summed E-state index contributed by atoms with van der Waals surface area (Å²) in [7, 11) is 0. The van der Waals surface area contributed by atoms with Crippen molar-refractivity contribution in [3.8, 4) is 5.75 Å². The molecule has 1 heterocycles. The van der Waals surface area contributed by atoms with Crippen molar-refractivity contribution < 1.29 is 23.0 Å². The molecule has 0 bridgehead atoms. The van der Waals surface area contributed by atoms with Crippen LogP contribution in [0.2, 0.25) is 0 Å². The number of nitrogens with two attached hydrogens (primary N) is 1. The SMILES string of the molecule is CCO[C@H](C(=O)NCc1ccc(C(=N)N)cc1)c1c(F)ccc(OCCN2CCCC2)c1F. The highest BCUT2D eigenvalue weighted by molar-refractivity contribution is 5.94. The van der Waals surface area contributed by atoms with E-state index in [4.69, 9.17) is 20.6 Å². The second-order valence-electron chi connectivity index (χ2n) is 7.83. The number of amidine groups is 1. The van der Waals surface area contributed by atoms with Crippen LogP contribution in [-0.4, -0.2) is 49.5 Å². The summed E-state index contributed by atoms with van der Waals surface area (Å²) in [6.07, 6.45) is 0.816. The van der Waals surface area contributed by atoms with Crippen molar-refractivity contribution in [2.45, 2.75) is 32.4 Å². The van der Waals surface area contributed by atoms with Gasteiger partial charge in [-0.05, 0) is 50.6 Å². The predicted molar refractivity (Wildman–Crippen MR) is 121 cm³/mol. The van der Waals surface area contributed by atoms with E-state index in [1.165, 1.54) is 6.07 Å². The first-order valence-electron chi connectivity index (χ1n) is 11.1. The number of benzene rings is 2. The van der Waals surface area contributed by atoms with Gasteiger partial charge in [0.2, 0.25) is 0 Å². The highest BCUT2D eigenvalue weighted by Crippen LogP contribution is 2.30. The van der Waals surface area contributed by atoms with Crippen LogP contribution in [0.4, 0.5) is 8.78 Å². The van der Waals surface area contributed by atoms with E-state index in [1.807, 2.05) is 0 Å². The molecule has 2 aromatic rings. The van der Waals surface area contributed by atoms with Gasteiger partial charge in [-0.3, -0.25) is 15.1 Å². The van der Waals surface area contributed by atoms with E-state index >= 15 is 4.39 Å². The van der Waals surface area contributed by atoms with Crippen LogP contribution in [0, 0.1) is 17.0 Å². The highest BCUT2D eigenvalue weighted by atomic mass is 19.1. The van der Waals surface area contributed by atoms with Crippen LogP contribution in [0.5, 0.6) is 5.75 Å². The zero-order chi connectivity index (χ0) is 23.8. The topological polar surface area (TPSA) is 101 Å². The predicted octanol–water partition coefficient (Wildman–Crippen LogP) is 3.12. The van der Waals surface area contributed by atoms with Gasteiger partial charge in [-0.25, -0.2) is 8.78 Å². The molecule has 2 aromatic carbocycles. The van der Waals surface area contributed by atoms with Crippen LogP contribution in [0.3, 0.4) is 0 Å². The summed E-state index contributed by atoms with van der Waals surface area (Å²) >= 11 is 0. The number of carbonyl (C=O) groups is 1. The number of carbonyl (C=O) groups excluding carboxylic acids is 1. The average molecular weight is 461 g/mol. The van der Waals surface area contributed by atoms with E-state index in [-0.39, 0.29) is 31.3 Å². The maximum Gasteiger partial charge on any atom is 0.254 e. The number of hydrogen-bond acceptors (Lipinski definition) is 5. The van der Waals surface area contributed by atoms with E-state index in [2.05, 4.69) is 10.2 Å². The smallest absolute Gasteiger partial charge is 0.254 e. The number of nitrogens with one attached hydrogen (secondary N) is 2. The van der Waals surface area contributed by atoms with Crippen LogP contribution < -0.4 is 15.8 Å². The van der Waals surface area contributed by atoms with Gasteiger partial charge in [0.05, 0.1) is 5.56 Å². The molecule has 7 nitrogen and oxygen atoms in total. The number of nitrogen functional groups attached to an aromatic ring is 1. The van der Waals surface area contributed by atoms with Gasteiger partial charge >= 0.3 is 0 Å². The Morgan fingerprint density at radius 1 is 1.18 bits per heavy atom. The summed E-state index contributed by atoms with van der Waals surface area (Å²) < 4.78 is 40.8. The van der Waals surface area contributed by atoms with Crippen molar-refractivity contribution in [3.63, 3.8) is 0 Å². The van der Waals surface area contributed by atoms with Crippen LogP contribution >= 0.6 is 0 Å². The lowest BCUT2D eigenvalue weighted by atomic mass is 10.1. The number of halogens is 2. The van der Waals surface area contributed by atoms with Gasteiger partial charge in [0.1, 0.15) is 18.3 Å².